The Kier molecular flexibility index (Phi) is 4.61. The summed E-state index contributed by atoms with van der Waals surface area (Å²) >= 11 is 0. The van der Waals surface area contributed by atoms with Gasteiger partial charge in [0.1, 0.15) is 17.3 Å². The Morgan fingerprint density at radius 3 is 2.57 bits per heavy atom. The molecular weight excluding hydrogens is 275 g/mol. The third-order valence-corrected chi connectivity index (χ3v) is 2.74. The van der Waals surface area contributed by atoms with Crippen molar-refractivity contribution in [3.63, 3.8) is 0 Å². The van der Waals surface area contributed by atoms with E-state index < -0.39 is 11.8 Å². The molecule has 2 aromatic carbocycles. The van der Waals surface area contributed by atoms with Gasteiger partial charge < -0.3 is 20.1 Å². The molecule has 0 atom stereocenters. The van der Waals surface area contributed by atoms with Crippen LogP contribution in [-0.2, 0) is 0 Å². The Labute approximate surface area is 121 Å². The molecule has 21 heavy (non-hydrogen) atoms. The van der Waals surface area contributed by atoms with E-state index in [0.717, 1.165) is 0 Å². The van der Waals surface area contributed by atoms with Crippen molar-refractivity contribution in [2.45, 2.75) is 0 Å². The van der Waals surface area contributed by atoms with E-state index in [1.807, 2.05) is 0 Å². The number of urea groups is 1. The second-order valence-electron chi connectivity index (χ2n) is 4.16. The number of halogens is 1. The van der Waals surface area contributed by atoms with Gasteiger partial charge in [0, 0.05) is 17.8 Å². The molecule has 0 fully saturated rings. The highest BCUT2D eigenvalue weighted by Crippen LogP contribution is 2.25. The molecule has 0 saturated heterocycles. The second kappa shape index (κ2) is 6.60. The largest absolute Gasteiger partial charge is 0.497 e. The Hall–Kier alpha value is -2.76. The molecule has 2 amide bonds. The van der Waals surface area contributed by atoms with Crippen LogP contribution in [0.25, 0.3) is 0 Å². The number of ether oxygens (including phenoxy) is 2. The first-order valence-corrected chi connectivity index (χ1v) is 6.18. The first-order chi connectivity index (χ1) is 10.1. The third-order valence-electron chi connectivity index (χ3n) is 2.74. The summed E-state index contributed by atoms with van der Waals surface area (Å²) in [5.41, 5.74) is 0.951. The maximum Gasteiger partial charge on any atom is 0.323 e. The Morgan fingerprint density at radius 1 is 1.05 bits per heavy atom. The molecule has 0 bridgehead atoms. The van der Waals surface area contributed by atoms with Gasteiger partial charge in [0.25, 0.3) is 0 Å². The van der Waals surface area contributed by atoms with Crippen molar-refractivity contribution in [1.29, 1.82) is 0 Å². The van der Waals surface area contributed by atoms with Gasteiger partial charge in [-0.15, -0.1) is 0 Å². The molecule has 0 aliphatic rings. The number of hydrogen-bond acceptors (Lipinski definition) is 3. The van der Waals surface area contributed by atoms with Crippen LogP contribution in [-0.4, -0.2) is 20.3 Å². The molecule has 6 heteroatoms. The van der Waals surface area contributed by atoms with Gasteiger partial charge in [0.15, 0.2) is 0 Å². The molecule has 0 aliphatic carbocycles. The normalized spacial score (nSPS) is 9.86. The smallest absolute Gasteiger partial charge is 0.323 e. The van der Waals surface area contributed by atoms with E-state index in [2.05, 4.69) is 10.6 Å². The number of hydrogen-bond donors (Lipinski definition) is 2. The van der Waals surface area contributed by atoms with E-state index >= 15 is 0 Å². The van der Waals surface area contributed by atoms with Crippen molar-refractivity contribution >= 4 is 17.4 Å². The highest BCUT2D eigenvalue weighted by atomic mass is 19.1. The zero-order valence-corrected chi connectivity index (χ0v) is 11.6. The van der Waals surface area contributed by atoms with Gasteiger partial charge in [0.2, 0.25) is 0 Å². The number of anilines is 2. The molecule has 2 aromatic rings. The molecule has 2 N–H and O–H groups in total. The summed E-state index contributed by atoms with van der Waals surface area (Å²) in [6.07, 6.45) is 0. The van der Waals surface area contributed by atoms with Crippen LogP contribution in [0.4, 0.5) is 20.6 Å². The topological polar surface area (TPSA) is 59.6 Å². The highest BCUT2D eigenvalue weighted by molar-refractivity contribution is 6.00. The first kappa shape index (κ1) is 14.6. The number of benzene rings is 2. The first-order valence-electron chi connectivity index (χ1n) is 6.18. The predicted octanol–water partition coefficient (Wildman–Crippen LogP) is 3.49. The van der Waals surface area contributed by atoms with Crippen LogP contribution >= 0.6 is 0 Å². The Balaban J connectivity index is 2.08. The molecule has 0 saturated carbocycles. The minimum Gasteiger partial charge on any atom is -0.497 e. The van der Waals surface area contributed by atoms with Crippen molar-refractivity contribution in [2.24, 2.45) is 0 Å². The van der Waals surface area contributed by atoms with Crippen molar-refractivity contribution in [3.8, 4) is 11.5 Å². The quantitative estimate of drug-likeness (QED) is 0.906. The third kappa shape index (κ3) is 3.85. The Bertz CT molecular complexity index is 647. The molecule has 0 heterocycles. The minimum atomic E-state index is -0.465. The van der Waals surface area contributed by atoms with E-state index in [4.69, 9.17) is 9.47 Å². The van der Waals surface area contributed by atoms with Gasteiger partial charge in [-0.05, 0) is 24.3 Å². The van der Waals surface area contributed by atoms with Gasteiger partial charge in [-0.2, -0.15) is 0 Å². The van der Waals surface area contributed by atoms with Crippen molar-refractivity contribution < 1.29 is 18.7 Å². The van der Waals surface area contributed by atoms with Gasteiger partial charge in [-0.3, -0.25) is 0 Å². The summed E-state index contributed by atoms with van der Waals surface area (Å²) in [5, 5.41) is 5.24. The lowest BCUT2D eigenvalue weighted by molar-refractivity contribution is 0.262. The summed E-state index contributed by atoms with van der Waals surface area (Å²) in [4.78, 5) is 11.9. The van der Waals surface area contributed by atoms with Gasteiger partial charge in [-0.1, -0.05) is 6.07 Å². The summed E-state index contributed by atoms with van der Waals surface area (Å²) in [7, 11) is 2.95. The summed E-state index contributed by atoms with van der Waals surface area (Å²) in [6, 6.07) is 10.3. The number of nitrogens with one attached hydrogen (secondary N) is 2. The van der Waals surface area contributed by atoms with E-state index in [1.165, 1.54) is 25.3 Å². The molecule has 2 rings (SSSR count). The van der Waals surface area contributed by atoms with Crippen molar-refractivity contribution in [1.82, 2.24) is 0 Å². The Morgan fingerprint density at radius 2 is 1.86 bits per heavy atom. The number of rotatable bonds is 4. The average molecular weight is 290 g/mol. The molecule has 0 radical (unpaired) electrons. The summed E-state index contributed by atoms with van der Waals surface area (Å²) < 4.78 is 23.2. The number of carbonyl (C=O) groups excluding carboxylic acids is 1. The number of methoxy groups -OCH3 is 2. The monoisotopic (exact) mass is 290 g/mol. The summed E-state index contributed by atoms with van der Waals surface area (Å²) in [5.74, 6) is 0.438. The lowest BCUT2D eigenvalue weighted by Gasteiger charge is -2.11. The van der Waals surface area contributed by atoms with Crippen LogP contribution in [0.1, 0.15) is 0 Å². The number of carbonyl (C=O) groups is 1. The predicted molar refractivity (Wildman–Crippen MR) is 78.6 cm³/mol. The fourth-order valence-corrected chi connectivity index (χ4v) is 1.75. The zero-order chi connectivity index (χ0) is 15.2. The van der Waals surface area contributed by atoms with Crippen molar-refractivity contribution in [3.05, 3.63) is 48.3 Å². The molecule has 5 nitrogen and oxygen atoms in total. The van der Waals surface area contributed by atoms with E-state index in [1.54, 1.807) is 31.4 Å². The van der Waals surface area contributed by atoms with Gasteiger partial charge in [-0.25, -0.2) is 9.18 Å². The van der Waals surface area contributed by atoms with Crippen LogP contribution < -0.4 is 20.1 Å². The lowest BCUT2D eigenvalue weighted by Crippen LogP contribution is -2.19. The van der Waals surface area contributed by atoms with E-state index in [0.29, 0.717) is 17.1 Å². The molecular formula is C15H15FN2O3. The zero-order valence-electron chi connectivity index (χ0n) is 11.6. The van der Waals surface area contributed by atoms with E-state index in [9.17, 15) is 9.18 Å². The molecule has 0 aromatic heterocycles. The average Bonchev–Trinajstić information content (AvgIpc) is 2.49. The van der Waals surface area contributed by atoms with Crippen LogP contribution in [0.3, 0.4) is 0 Å². The molecule has 0 aliphatic heterocycles. The van der Waals surface area contributed by atoms with Crippen LogP contribution in [0.15, 0.2) is 42.5 Å². The lowest BCUT2D eigenvalue weighted by atomic mass is 10.3. The van der Waals surface area contributed by atoms with Crippen LogP contribution in [0.5, 0.6) is 11.5 Å². The fourth-order valence-electron chi connectivity index (χ4n) is 1.75. The van der Waals surface area contributed by atoms with Gasteiger partial charge in [0.05, 0.1) is 19.9 Å². The molecule has 0 unspecified atom stereocenters. The van der Waals surface area contributed by atoms with Gasteiger partial charge >= 0.3 is 6.03 Å². The van der Waals surface area contributed by atoms with E-state index in [-0.39, 0.29) is 5.75 Å². The minimum absolute atomic E-state index is 0.246. The fraction of sp³-hybridized carbons (Fsp3) is 0.133. The van der Waals surface area contributed by atoms with Crippen molar-refractivity contribution in [2.75, 3.05) is 24.9 Å². The summed E-state index contributed by atoms with van der Waals surface area (Å²) in [6.45, 7) is 0. The SMILES string of the molecule is COc1cccc(NC(=O)Nc2ccc(F)cc2OC)c1. The van der Waals surface area contributed by atoms with Crippen LogP contribution in [0, 0.1) is 5.82 Å². The maximum atomic E-state index is 13.1. The number of amides is 2. The molecule has 110 valence electrons. The van der Waals surface area contributed by atoms with Crippen LogP contribution in [0.2, 0.25) is 0 Å². The second-order valence-corrected chi connectivity index (χ2v) is 4.16. The standard InChI is InChI=1S/C15H15FN2O3/c1-20-12-5-3-4-11(9-12)17-15(19)18-13-7-6-10(16)8-14(13)21-2/h3-9H,1-2H3,(H2,17,18,19). The maximum absolute atomic E-state index is 13.1. The highest BCUT2D eigenvalue weighted by Gasteiger charge is 2.09. The molecule has 0 spiro atoms.